The number of aldehydes is 1. The fraction of sp³-hybridized carbons (Fsp3) is 0.562. The largest absolute Gasteiger partial charge is 0.371 e. The second-order valence-electron chi connectivity index (χ2n) is 5.54. The van der Waals surface area contributed by atoms with Crippen molar-refractivity contribution >= 4 is 12.0 Å². The molecule has 0 unspecified atom stereocenters. The predicted octanol–water partition coefficient (Wildman–Crippen LogP) is 3.82. The van der Waals surface area contributed by atoms with Gasteiger partial charge in [0.05, 0.1) is 0 Å². The number of nitrogens with zero attached hydrogens (tertiary/aromatic N) is 1. The summed E-state index contributed by atoms with van der Waals surface area (Å²) in [6, 6.07) is 6.01. The van der Waals surface area contributed by atoms with Crippen molar-refractivity contribution in [2.45, 2.75) is 40.0 Å². The Bertz CT molecular complexity index is 435. The number of aryl methyl sites for hydroxylation is 1. The van der Waals surface area contributed by atoms with E-state index in [4.69, 9.17) is 0 Å². The Morgan fingerprint density at radius 3 is 2.56 bits per heavy atom. The standard InChI is InChI=1S/C16H23NO/c1-4-16(5-2)8-9-17(12-16)15-7-6-14(11-18)10-13(15)3/h6-7,10-11H,4-5,8-9,12H2,1-3H3. The molecule has 18 heavy (non-hydrogen) atoms. The number of hydrogen-bond acceptors (Lipinski definition) is 2. The Morgan fingerprint density at radius 1 is 1.33 bits per heavy atom. The summed E-state index contributed by atoms with van der Waals surface area (Å²) in [5.74, 6) is 0. The Balaban J connectivity index is 2.21. The van der Waals surface area contributed by atoms with Crippen LogP contribution in [0.3, 0.4) is 0 Å². The number of hydrogen-bond donors (Lipinski definition) is 0. The molecular formula is C16H23NO. The topological polar surface area (TPSA) is 20.3 Å². The maximum absolute atomic E-state index is 10.8. The molecule has 0 saturated carbocycles. The molecule has 0 N–H and O–H groups in total. The van der Waals surface area contributed by atoms with E-state index in [0.717, 1.165) is 24.9 Å². The second kappa shape index (κ2) is 5.13. The zero-order chi connectivity index (χ0) is 13.2. The quantitative estimate of drug-likeness (QED) is 0.751. The smallest absolute Gasteiger partial charge is 0.150 e. The average molecular weight is 245 g/mol. The van der Waals surface area contributed by atoms with Crippen LogP contribution in [0.2, 0.25) is 0 Å². The van der Waals surface area contributed by atoms with E-state index in [2.05, 4.69) is 31.7 Å². The molecule has 0 amide bonds. The van der Waals surface area contributed by atoms with E-state index in [1.807, 2.05) is 12.1 Å². The van der Waals surface area contributed by atoms with E-state index < -0.39 is 0 Å². The van der Waals surface area contributed by atoms with Crippen molar-refractivity contribution < 1.29 is 4.79 Å². The molecule has 0 radical (unpaired) electrons. The molecule has 1 heterocycles. The fourth-order valence-corrected chi connectivity index (χ4v) is 3.07. The third-order valence-electron chi connectivity index (χ3n) is 4.64. The highest BCUT2D eigenvalue weighted by molar-refractivity contribution is 5.77. The van der Waals surface area contributed by atoms with E-state index in [-0.39, 0.29) is 0 Å². The molecule has 98 valence electrons. The lowest BCUT2D eigenvalue weighted by atomic mass is 9.82. The number of rotatable bonds is 4. The summed E-state index contributed by atoms with van der Waals surface area (Å²) < 4.78 is 0. The Morgan fingerprint density at radius 2 is 2.06 bits per heavy atom. The first-order valence-electron chi connectivity index (χ1n) is 6.95. The van der Waals surface area contributed by atoms with Crippen LogP contribution in [-0.4, -0.2) is 19.4 Å². The average Bonchev–Trinajstić information content (AvgIpc) is 2.83. The summed E-state index contributed by atoms with van der Waals surface area (Å²) in [6.45, 7) is 9.00. The van der Waals surface area contributed by atoms with Gasteiger partial charge in [-0.3, -0.25) is 4.79 Å². The number of carbonyl (C=O) groups is 1. The molecule has 1 aromatic rings. The highest BCUT2D eigenvalue weighted by Crippen LogP contribution is 2.39. The van der Waals surface area contributed by atoms with Gasteiger partial charge in [-0.15, -0.1) is 0 Å². The first kappa shape index (κ1) is 13.1. The Hall–Kier alpha value is -1.31. The molecule has 1 aliphatic heterocycles. The minimum absolute atomic E-state index is 0.496. The highest BCUT2D eigenvalue weighted by atomic mass is 16.1. The Kier molecular flexibility index (Phi) is 3.74. The second-order valence-corrected chi connectivity index (χ2v) is 5.54. The molecule has 0 bridgehead atoms. The third-order valence-corrected chi connectivity index (χ3v) is 4.64. The van der Waals surface area contributed by atoms with Crippen LogP contribution in [0, 0.1) is 12.3 Å². The van der Waals surface area contributed by atoms with Crippen molar-refractivity contribution in [1.29, 1.82) is 0 Å². The van der Waals surface area contributed by atoms with Crippen molar-refractivity contribution in [3.8, 4) is 0 Å². The maximum atomic E-state index is 10.8. The Labute approximate surface area is 110 Å². The third kappa shape index (κ3) is 2.29. The monoisotopic (exact) mass is 245 g/mol. The lowest BCUT2D eigenvalue weighted by Crippen LogP contribution is -2.26. The van der Waals surface area contributed by atoms with Crippen LogP contribution >= 0.6 is 0 Å². The lowest BCUT2D eigenvalue weighted by Gasteiger charge is -2.28. The zero-order valence-corrected chi connectivity index (χ0v) is 11.7. The van der Waals surface area contributed by atoms with Crippen molar-refractivity contribution in [1.82, 2.24) is 0 Å². The number of benzene rings is 1. The van der Waals surface area contributed by atoms with E-state index in [0.29, 0.717) is 5.41 Å². The summed E-state index contributed by atoms with van der Waals surface area (Å²) in [4.78, 5) is 13.3. The first-order valence-corrected chi connectivity index (χ1v) is 6.95. The van der Waals surface area contributed by atoms with Gasteiger partial charge in [0.1, 0.15) is 6.29 Å². The van der Waals surface area contributed by atoms with E-state index in [9.17, 15) is 4.79 Å². The maximum Gasteiger partial charge on any atom is 0.150 e. The van der Waals surface area contributed by atoms with Gasteiger partial charge in [0.15, 0.2) is 0 Å². The molecule has 2 rings (SSSR count). The van der Waals surface area contributed by atoms with Crippen LogP contribution in [0.25, 0.3) is 0 Å². The van der Waals surface area contributed by atoms with Crippen LogP contribution in [0.15, 0.2) is 18.2 Å². The van der Waals surface area contributed by atoms with E-state index >= 15 is 0 Å². The molecule has 0 spiro atoms. The minimum Gasteiger partial charge on any atom is -0.371 e. The van der Waals surface area contributed by atoms with E-state index in [1.54, 1.807) is 0 Å². The zero-order valence-electron chi connectivity index (χ0n) is 11.7. The van der Waals surface area contributed by atoms with Gasteiger partial charge in [-0.1, -0.05) is 13.8 Å². The molecule has 0 aromatic heterocycles. The summed E-state index contributed by atoms with van der Waals surface area (Å²) in [6.07, 6.45) is 4.72. The van der Waals surface area contributed by atoms with Gasteiger partial charge < -0.3 is 4.90 Å². The fourth-order valence-electron chi connectivity index (χ4n) is 3.07. The molecule has 2 heteroatoms. The lowest BCUT2D eigenvalue weighted by molar-refractivity contribution is 0.112. The van der Waals surface area contributed by atoms with Crippen LogP contribution < -0.4 is 4.90 Å². The van der Waals surface area contributed by atoms with Crippen molar-refractivity contribution in [3.63, 3.8) is 0 Å². The molecule has 1 aromatic carbocycles. The van der Waals surface area contributed by atoms with Gasteiger partial charge in [-0.2, -0.15) is 0 Å². The van der Waals surface area contributed by atoms with Gasteiger partial charge >= 0.3 is 0 Å². The molecule has 1 fully saturated rings. The van der Waals surface area contributed by atoms with Crippen LogP contribution in [0.1, 0.15) is 49.0 Å². The van der Waals surface area contributed by atoms with Crippen molar-refractivity contribution in [2.24, 2.45) is 5.41 Å². The predicted molar refractivity (Wildman–Crippen MR) is 76.4 cm³/mol. The number of anilines is 1. The molecule has 1 saturated heterocycles. The summed E-state index contributed by atoms with van der Waals surface area (Å²) >= 11 is 0. The SMILES string of the molecule is CCC1(CC)CCN(c2ccc(C=O)cc2C)C1. The van der Waals surface area contributed by atoms with Gasteiger partial charge in [0.2, 0.25) is 0 Å². The minimum atomic E-state index is 0.496. The van der Waals surface area contributed by atoms with Crippen LogP contribution in [0.5, 0.6) is 0 Å². The van der Waals surface area contributed by atoms with Crippen molar-refractivity contribution in [2.75, 3.05) is 18.0 Å². The normalized spacial score (nSPS) is 18.1. The van der Waals surface area contributed by atoms with Gasteiger partial charge in [0.25, 0.3) is 0 Å². The molecular weight excluding hydrogens is 222 g/mol. The van der Waals surface area contributed by atoms with Crippen LogP contribution in [0.4, 0.5) is 5.69 Å². The first-order chi connectivity index (χ1) is 8.64. The summed E-state index contributed by atoms with van der Waals surface area (Å²) in [7, 11) is 0. The van der Waals surface area contributed by atoms with Crippen molar-refractivity contribution in [3.05, 3.63) is 29.3 Å². The van der Waals surface area contributed by atoms with Gasteiger partial charge in [0, 0.05) is 24.3 Å². The van der Waals surface area contributed by atoms with Gasteiger partial charge in [-0.05, 0) is 55.4 Å². The van der Waals surface area contributed by atoms with Gasteiger partial charge in [-0.25, -0.2) is 0 Å². The summed E-state index contributed by atoms with van der Waals surface area (Å²) in [5.41, 5.74) is 3.77. The highest BCUT2D eigenvalue weighted by Gasteiger charge is 2.35. The van der Waals surface area contributed by atoms with E-state index in [1.165, 1.54) is 30.5 Å². The molecule has 0 atom stereocenters. The molecule has 1 aliphatic rings. The number of carbonyl (C=O) groups excluding carboxylic acids is 1. The molecule has 2 nitrogen and oxygen atoms in total. The summed E-state index contributed by atoms with van der Waals surface area (Å²) in [5, 5.41) is 0. The van der Waals surface area contributed by atoms with Crippen LogP contribution in [-0.2, 0) is 0 Å². The molecule has 0 aliphatic carbocycles.